The van der Waals surface area contributed by atoms with Gasteiger partial charge in [0, 0.05) is 34.6 Å². The third kappa shape index (κ3) is 8.65. The van der Waals surface area contributed by atoms with Gasteiger partial charge in [0.05, 0.1) is 11.7 Å². The molecule has 178 valence electrons. The van der Waals surface area contributed by atoms with E-state index in [1.165, 1.54) is 5.56 Å². The van der Waals surface area contributed by atoms with Gasteiger partial charge in [0.2, 0.25) is 0 Å². The number of aromatic nitrogens is 1. The van der Waals surface area contributed by atoms with Gasteiger partial charge in [0.15, 0.2) is 0 Å². The Hall–Kier alpha value is -2.09. The third-order valence-corrected chi connectivity index (χ3v) is 5.92. The SMILES string of the molecule is CC(C)Sc1cc(-c2ccc(CCNC[C@H](O)c3cccnc3)cc2)ccc1C(=O)O.Cl.Cl. The molecule has 3 rings (SSSR count). The van der Waals surface area contributed by atoms with Crippen LogP contribution < -0.4 is 5.32 Å². The van der Waals surface area contributed by atoms with Crippen LogP contribution in [0.1, 0.15) is 41.4 Å². The molecule has 0 saturated carbocycles. The number of hydrogen-bond donors (Lipinski definition) is 3. The van der Waals surface area contributed by atoms with E-state index in [2.05, 4.69) is 48.4 Å². The number of nitrogens with one attached hydrogen (secondary N) is 1. The Morgan fingerprint density at radius 2 is 1.76 bits per heavy atom. The van der Waals surface area contributed by atoms with Crippen LogP contribution in [0.5, 0.6) is 0 Å². The summed E-state index contributed by atoms with van der Waals surface area (Å²) >= 11 is 1.57. The van der Waals surface area contributed by atoms with Crippen LogP contribution in [0.25, 0.3) is 11.1 Å². The van der Waals surface area contributed by atoms with Crippen LogP contribution in [0.15, 0.2) is 71.9 Å². The Balaban J connectivity index is 0.00000272. The Morgan fingerprint density at radius 3 is 2.36 bits per heavy atom. The van der Waals surface area contributed by atoms with E-state index in [1.807, 2.05) is 24.3 Å². The number of nitrogens with zero attached hydrogens (tertiary/aromatic N) is 1. The van der Waals surface area contributed by atoms with Gasteiger partial charge in [-0.25, -0.2) is 4.79 Å². The number of carbonyl (C=O) groups is 1. The Morgan fingerprint density at radius 1 is 1.06 bits per heavy atom. The molecule has 0 aliphatic heterocycles. The lowest BCUT2D eigenvalue weighted by molar-refractivity contribution is 0.0693. The molecule has 33 heavy (non-hydrogen) atoms. The Bertz CT molecular complexity index is 1000. The first-order valence-corrected chi connectivity index (χ1v) is 11.2. The molecule has 1 heterocycles. The molecular formula is C25H30Cl2N2O3S. The predicted molar refractivity (Wildman–Crippen MR) is 140 cm³/mol. The quantitative estimate of drug-likeness (QED) is 0.242. The molecule has 3 aromatic rings. The number of thioether (sulfide) groups is 1. The molecule has 0 bridgehead atoms. The minimum atomic E-state index is -0.897. The number of aliphatic hydroxyl groups is 1. The molecule has 8 heteroatoms. The lowest BCUT2D eigenvalue weighted by Gasteiger charge is -2.12. The second-order valence-electron chi connectivity index (χ2n) is 7.64. The van der Waals surface area contributed by atoms with Crippen molar-refractivity contribution in [2.75, 3.05) is 13.1 Å². The van der Waals surface area contributed by atoms with E-state index in [9.17, 15) is 15.0 Å². The van der Waals surface area contributed by atoms with Crippen molar-refractivity contribution >= 4 is 42.5 Å². The van der Waals surface area contributed by atoms with Gasteiger partial charge in [0.1, 0.15) is 0 Å². The molecule has 0 fully saturated rings. The highest BCUT2D eigenvalue weighted by Gasteiger charge is 2.13. The average Bonchev–Trinajstić information content (AvgIpc) is 2.77. The first-order chi connectivity index (χ1) is 14.9. The Kier molecular flexibility index (Phi) is 12.5. The zero-order valence-electron chi connectivity index (χ0n) is 18.6. The number of halogens is 2. The molecule has 3 N–H and O–H groups in total. The summed E-state index contributed by atoms with van der Waals surface area (Å²) in [5.41, 5.74) is 4.43. The van der Waals surface area contributed by atoms with Crippen LogP contribution in [0.3, 0.4) is 0 Å². The third-order valence-electron chi connectivity index (χ3n) is 4.86. The van der Waals surface area contributed by atoms with Crippen molar-refractivity contribution in [3.05, 3.63) is 83.7 Å². The molecule has 1 atom stereocenters. The van der Waals surface area contributed by atoms with Crippen molar-refractivity contribution < 1.29 is 15.0 Å². The number of pyridine rings is 1. The predicted octanol–water partition coefficient (Wildman–Crippen LogP) is 5.66. The topological polar surface area (TPSA) is 82.5 Å². The number of carboxylic acid groups (broad SMARTS) is 1. The lowest BCUT2D eigenvalue weighted by atomic mass is 10.0. The zero-order chi connectivity index (χ0) is 22.2. The van der Waals surface area contributed by atoms with Crippen LogP contribution in [-0.4, -0.2) is 39.5 Å². The number of benzene rings is 2. The van der Waals surface area contributed by atoms with Gasteiger partial charge in [-0.3, -0.25) is 4.98 Å². The molecule has 0 amide bonds. The normalized spacial score (nSPS) is 11.4. The van der Waals surface area contributed by atoms with Gasteiger partial charge in [0.25, 0.3) is 0 Å². The second kappa shape index (κ2) is 14.2. The van der Waals surface area contributed by atoms with Gasteiger partial charge in [-0.2, -0.15) is 0 Å². The van der Waals surface area contributed by atoms with Crippen molar-refractivity contribution in [1.82, 2.24) is 10.3 Å². The number of rotatable bonds is 10. The highest BCUT2D eigenvalue weighted by Crippen LogP contribution is 2.31. The van der Waals surface area contributed by atoms with Crippen molar-refractivity contribution in [3.63, 3.8) is 0 Å². The standard InChI is InChI=1S/C25H28N2O3S.2ClH/c1-17(2)31-24-14-20(9-10-22(24)25(29)30)19-7-5-18(6-8-19)11-13-27-16-23(28)21-4-3-12-26-15-21;;/h3-10,12,14-15,17,23,27-28H,11,13,16H2,1-2H3,(H,29,30);2*1H/t23-;;/m0../s1. The number of aromatic carboxylic acids is 1. The summed E-state index contributed by atoms with van der Waals surface area (Å²) in [7, 11) is 0. The maximum Gasteiger partial charge on any atom is 0.336 e. The molecule has 0 saturated heterocycles. The summed E-state index contributed by atoms with van der Waals surface area (Å²) in [6.45, 7) is 5.36. The van der Waals surface area contributed by atoms with Gasteiger partial charge in [-0.15, -0.1) is 36.6 Å². The summed E-state index contributed by atoms with van der Waals surface area (Å²) in [5.74, 6) is -0.897. The minimum absolute atomic E-state index is 0. The van der Waals surface area contributed by atoms with Crippen LogP contribution in [0, 0.1) is 0 Å². The van der Waals surface area contributed by atoms with Crippen LogP contribution in [0.2, 0.25) is 0 Å². The summed E-state index contributed by atoms with van der Waals surface area (Å²) in [6.07, 6.45) is 3.66. The summed E-state index contributed by atoms with van der Waals surface area (Å²) in [6, 6.07) is 17.5. The smallest absolute Gasteiger partial charge is 0.336 e. The number of aliphatic hydroxyl groups excluding tert-OH is 1. The van der Waals surface area contributed by atoms with E-state index < -0.39 is 12.1 Å². The number of carboxylic acids is 1. The fraction of sp³-hybridized carbons (Fsp3) is 0.280. The van der Waals surface area contributed by atoms with Gasteiger partial charge >= 0.3 is 5.97 Å². The van der Waals surface area contributed by atoms with E-state index in [0.29, 0.717) is 17.4 Å². The molecular weight excluding hydrogens is 479 g/mol. The molecule has 0 aliphatic carbocycles. The highest BCUT2D eigenvalue weighted by atomic mass is 35.5. The molecule has 0 radical (unpaired) electrons. The van der Waals surface area contributed by atoms with Crippen LogP contribution >= 0.6 is 36.6 Å². The minimum Gasteiger partial charge on any atom is -0.478 e. The molecule has 5 nitrogen and oxygen atoms in total. The van der Waals surface area contributed by atoms with E-state index >= 15 is 0 Å². The first kappa shape index (κ1) is 28.9. The van der Waals surface area contributed by atoms with Crippen molar-refractivity contribution in [1.29, 1.82) is 0 Å². The monoisotopic (exact) mass is 508 g/mol. The summed E-state index contributed by atoms with van der Waals surface area (Å²) in [5, 5.41) is 23.2. The average molecular weight is 509 g/mol. The molecule has 1 aromatic heterocycles. The zero-order valence-corrected chi connectivity index (χ0v) is 21.1. The van der Waals surface area contributed by atoms with E-state index in [4.69, 9.17) is 0 Å². The fourth-order valence-corrected chi connectivity index (χ4v) is 4.24. The van der Waals surface area contributed by atoms with Crippen molar-refractivity contribution in [2.24, 2.45) is 0 Å². The lowest BCUT2D eigenvalue weighted by Crippen LogP contribution is -2.23. The van der Waals surface area contributed by atoms with Gasteiger partial charge in [-0.05, 0) is 47.9 Å². The largest absolute Gasteiger partial charge is 0.478 e. The first-order valence-electron chi connectivity index (χ1n) is 10.4. The van der Waals surface area contributed by atoms with Crippen LogP contribution in [-0.2, 0) is 6.42 Å². The van der Waals surface area contributed by atoms with E-state index in [1.54, 1.807) is 30.2 Å². The second-order valence-corrected chi connectivity index (χ2v) is 9.25. The summed E-state index contributed by atoms with van der Waals surface area (Å²) < 4.78 is 0. The maximum absolute atomic E-state index is 11.5. The highest BCUT2D eigenvalue weighted by molar-refractivity contribution is 8.00. The maximum atomic E-state index is 11.5. The fourth-order valence-electron chi connectivity index (χ4n) is 3.26. The van der Waals surface area contributed by atoms with E-state index in [0.717, 1.165) is 34.6 Å². The molecule has 0 unspecified atom stereocenters. The number of hydrogen-bond acceptors (Lipinski definition) is 5. The molecule has 2 aromatic carbocycles. The van der Waals surface area contributed by atoms with Gasteiger partial charge < -0.3 is 15.5 Å². The van der Waals surface area contributed by atoms with Crippen LogP contribution in [0.4, 0.5) is 0 Å². The van der Waals surface area contributed by atoms with Crippen molar-refractivity contribution in [2.45, 2.75) is 36.5 Å². The molecule has 0 spiro atoms. The Labute approximate surface area is 211 Å². The molecule has 0 aliphatic rings. The van der Waals surface area contributed by atoms with Crippen molar-refractivity contribution in [3.8, 4) is 11.1 Å². The summed E-state index contributed by atoms with van der Waals surface area (Å²) in [4.78, 5) is 16.3. The van der Waals surface area contributed by atoms with E-state index in [-0.39, 0.29) is 24.8 Å². The van der Waals surface area contributed by atoms with Gasteiger partial charge in [-0.1, -0.05) is 50.2 Å².